The second-order valence-corrected chi connectivity index (χ2v) is 32.3. The van der Waals surface area contributed by atoms with Gasteiger partial charge in [-0.1, -0.05) is 232 Å². The summed E-state index contributed by atoms with van der Waals surface area (Å²) < 4.78 is 0. The van der Waals surface area contributed by atoms with Crippen LogP contribution in [0.2, 0.25) is 0 Å². The van der Waals surface area contributed by atoms with Crippen molar-refractivity contribution in [2.45, 2.75) is 239 Å². The van der Waals surface area contributed by atoms with Gasteiger partial charge in [0.2, 0.25) is 0 Å². The summed E-state index contributed by atoms with van der Waals surface area (Å²) in [7, 11) is 0. The Bertz CT molecular complexity index is 2820. The fourth-order valence-corrected chi connectivity index (χ4v) is 12.4. The zero-order valence-corrected chi connectivity index (χ0v) is 53.5. The number of carbonyl (C=O) groups excluding carboxylic acids is 1. The number of nitrogens with zero attached hydrogens (tertiary/aromatic N) is 1. The molecule has 6 unspecified atom stereocenters. The molecule has 0 fully saturated rings. The Labute approximate surface area is 475 Å². The van der Waals surface area contributed by atoms with Gasteiger partial charge < -0.3 is 15.3 Å². The molecule has 0 amide bonds. The standard InChI is InChI=1S/C73H107NO4/c1-43(2)44(3)53-35-49(40-54(63(53)75)67(4,5)6)33-51-31-45(29-47-36-55(68(7,8)9)64(76)56(37-47)69(10,11)12)25-27-61(51)74-62-28-26-46(30-48-38-57(70(13,14)15)65(77)58(39-48)71(16,17)18)32-52(62)34-50-41-59(72(19,20)21)66(78)60(42-50)73(22,23)24/h25,27,31-32,35-41,43-44,46,55,59-60,64,75-77H,26,28-30,33-34,42H2,1-24H3. The fraction of sp³-hybridized carbons (Fsp3) is 0.616. The van der Waals surface area contributed by atoms with Gasteiger partial charge in [0.25, 0.3) is 0 Å². The lowest BCUT2D eigenvalue weighted by atomic mass is 9.62. The minimum absolute atomic E-state index is 0.0173. The molecule has 0 saturated carbocycles. The number of aliphatic imine (C=N–C) groups is 1. The number of allylic oxidation sites excluding steroid dienone is 6. The molecule has 3 aliphatic rings. The molecule has 428 valence electrons. The molecule has 0 aromatic heterocycles. The monoisotopic (exact) mass is 1060 g/mol. The molecule has 0 bridgehead atoms. The van der Waals surface area contributed by atoms with Gasteiger partial charge in [-0.05, 0) is 168 Å². The summed E-state index contributed by atoms with van der Waals surface area (Å²) in [6.45, 7) is 53.0. The highest BCUT2D eigenvalue weighted by molar-refractivity contribution is 6.03. The van der Waals surface area contributed by atoms with Crippen molar-refractivity contribution in [1.82, 2.24) is 0 Å². The Hall–Kier alpha value is -4.48. The third kappa shape index (κ3) is 14.7. The SMILES string of the molecule is CC(C)C(C)c1cc(Cc2cc(CC3=CC(C(C)(C)C)C(O)C(C(C)(C)C)=C3)ccc2N=C2CCC(Cc3cc(C(C)(C)C)c(O)c(C(C)(C)C)c3)C=C2CC2=CC(C(C)(C)C)C(=O)C(C(C)(C)C)C2)cc(C(C)(C)C)c1O. The van der Waals surface area contributed by atoms with Gasteiger partial charge in [0.15, 0.2) is 0 Å². The minimum Gasteiger partial charge on any atom is -0.507 e. The minimum atomic E-state index is -0.541. The predicted molar refractivity (Wildman–Crippen MR) is 333 cm³/mol. The van der Waals surface area contributed by atoms with E-state index in [1.54, 1.807) is 0 Å². The van der Waals surface area contributed by atoms with Crippen LogP contribution in [0.4, 0.5) is 5.69 Å². The first-order valence-corrected chi connectivity index (χ1v) is 29.9. The van der Waals surface area contributed by atoms with Crippen molar-refractivity contribution in [3.05, 3.63) is 134 Å². The van der Waals surface area contributed by atoms with E-state index in [0.29, 0.717) is 29.6 Å². The lowest BCUT2D eigenvalue weighted by Crippen LogP contribution is -2.41. The van der Waals surface area contributed by atoms with Crippen molar-refractivity contribution in [3.8, 4) is 11.5 Å². The number of hydrogen-bond donors (Lipinski definition) is 3. The number of aromatic hydroxyl groups is 2. The molecule has 0 spiro atoms. The van der Waals surface area contributed by atoms with Crippen molar-refractivity contribution < 1.29 is 20.1 Å². The number of ketones is 1. The van der Waals surface area contributed by atoms with Crippen LogP contribution in [-0.4, -0.2) is 32.9 Å². The topological polar surface area (TPSA) is 90.1 Å². The molecule has 0 heterocycles. The van der Waals surface area contributed by atoms with Crippen molar-refractivity contribution in [2.75, 3.05) is 0 Å². The van der Waals surface area contributed by atoms with Crippen molar-refractivity contribution in [3.63, 3.8) is 0 Å². The van der Waals surface area contributed by atoms with Crippen LogP contribution in [0.15, 0.2) is 94.1 Å². The van der Waals surface area contributed by atoms with Gasteiger partial charge in [-0.3, -0.25) is 9.79 Å². The zero-order chi connectivity index (χ0) is 58.8. The summed E-state index contributed by atoms with van der Waals surface area (Å²) in [6.07, 6.45) is 14.4. The lowest BCUT2D eigenvalue weighted by Gasteiger charge is -2.40. The fourth-order valence-electron chi connectivity index (χ4n) is 12.4. The molecule has 3 aromatic rings. The van der Waals surface area contributed by atoms with Crippen LogP contribution in [0.25, 0.3) is 0 Å². The first-order chi connectivity index (χ1) is 35.4. The molecule has 3 N–H and O–H groups in total. The van der Waals surface area contributed by atoms with Crippen LogP contribution in [-0.2, 0) is 40.3 Å². The number of phenols is 2. The number of Topliss-reactive ketones (excluding diaryl/α,β-unsaturated/α-hetero) is 1. The van der Waals surface area contributed by atoms with E-state index in [-0.39, 0.29) is 67.5 Å². The Morgan fingerprint density at radius 1 is 0.603 bits per heavy atom. The average Bonchev–Trinajstić information content (AvgIpc) is 3.27. The van der Waals surface area contributed by atoms with Crippen LogP contribution in [0, 0.1) is 51.2 Å². The molecule has 78 heavy (non-hydrogen) atoms. The number of rotatable bonds is 11. The lowest BCUT2D eigenvalue weighted by molar-refractivity contribution is -0.132. The maximum Gasteiger partial charge on any atom is 0.144 e. The normalized spacial score (nSPS) is 22.4. The van der Waals surface area contributed by atoms with Crippen LogP contribution < -0.4 is 0 Å². The number of benzene rings is 3. The Kier molecular flexibility index (Phi) is 18.1. The van der Waals surface area contributed by atoms with E-state index in [4.69, 9.17) is 4.99 Å². The molecule has 3 aliphatic carbocycles. The van der Waals surface area contributed by atoms with E-state index in [1.165, 1.54) is 27.8 Å². The molecule has 6 rings (SSSR count). The largest absolute Gasteiger partial charge is 0.507 e. The average molecular weight is 1060 g/mol. The van der Waals surface area contributed by atoms with Crippen LogP contribution in [0.3, 0.4) is 0 Å². The molecular formula is C73H107NO4. The summed E-state index contributed by atoms with van der Waals surface area (Å²) in [4.78, 5) is 20.2. The first-order valence-electron chi connectivity index (χ1n) is 29.9. The highest BCUT2D eigenvalue weighted by atomic mass is 16.3. The maximum atomic E-state index is 14.4. The van der Waals surface area contributed by atoms with Crippen LogP contribution in [0.5, 0.6) is 11.5 Å². The molecule has 6 atom stereocenters. The van der Waals surface area contributed by atoms with Crippen molar-refractivity contribution in [1.29, 1.82) is 0 Å². The van der Waals surface area contributed by atoms with Gasteiger partial charge in [0, 0.05) is 23.5 Å². The first kappa shape index (κ1) is 62.7. The second-order valence-electron chi connectivity index (χ2n) is 32.3. The number of phenolic OH excluding ortho intramolecular Hbond substituents is 2. The highest BCUT2D eigenvalue weighted by Crippen LogP contribution is 2.48. The summed E-state index contributed by atoms with van der Waals surface area (Å²) in [5, 5.41) is 35.5. The van der Waals surface area contributed by atoms with Gasteiger partial charge in [-0.2, -0.15) is 0 Å². The quantitative estimate of drug-likeness (QED) is 0.167. The molecule has 0 saturated heterocycles. The van der Waals surface area contributed by atoms with E-state index >= 15 is 0 Å². The Morgan fingerprint density at radius 3 is 1.68 bits per heavy atom. The number of hydrogen-bond acceptors (Lipinski definition) is 5. The molecule has 3 aromatic carbocycles. The second kappa shape index (κ2) is 22.5. The zero-order valence-electron chi connectivity index (χ0n) is 53.5. The smallest absolute Gasteiger partial charge is 0.144 e. The predicted octanol–water partition coefficient (Wildman–Crippen LogP) is 19.1. The van der Waals surface area contributed by atoms with Gasteiger partial charge in [0.1, 0.15) is 17.3 Å². The van der Waals surface area contributed by atoms with E-state index in [0.717, 1.165) is 88.9 Å². The summed E-state index contributed by atoms with van der Waals surface area (Å²) in [5.74, 6) is 1.69. The number of aliphatic hydroxyl groups excluding tert-OH is 1. The van der Waals surface area contributed by atoms with Crippen molar-refractivity contribution >= 4 is 17.2 Å². The maximum absolute atomic E-state index is 14.4. The summed E-state index contributed by atoms with van der Waals surface area (Å²) >= 11 is 0. The van der Waals surface area contributed by atoms with E-state index in [1.807, 2.05) is 0 Å². The molecule has 0 aliphatic heterocycles. The molecule has 5 heteroatoms. The number of carbonyl (C=O) groups is 1. The third-order valence-electron chi connectivity index (χ3n) is 17.7. The van der Waals surface area contributed by atoms with Gasteiger partial charge >= 0.3 is 0 Å². The third-order valence-corrected chi connectivity index (χ3v) is 17.7. The van der Waals surface area contributed by atoms with E-state index in [2.05, 4.69) is 233 Å². The molecule has 5 nitrogen and oxygen atoms in total. The van der Waals surface area contributed by atoms with Crippen LogP contribution in [0.1, 0.15) is 242 Å². The highest BCUT2D eigenvalue weighted by Gasteiger charge is 2.43. The van der Waals surface area contributed by atoms with E-state index < -0.39 is 6.10 Å². The van der Waals surface area contributed by atoms with E-state index in [9.17, 15) is 20.1 Å². The van der Waals surface area contributed by atoms with Gasteiger partial charge in [0.05, 0.1) is 11.8 Å². The Morgan fingerprint density at radius 2 is 1.17 bits per heavy atom. The van der Waals surface area contributed by atoms with Crippen LogP contribution >= 0.6 is 0 Å². The van der Waals surface area contributed by atoms with Gasteiger partial charge in [-0.15, -0.1) is 0 Å². The van der Waals surface area contributed by atoms with Gasteiger partial charge in [-0.25, -0.2) is 0 Å². The Balaban J connectivity index is 1.57. The number of aliphatic hydroxyl groups is 1. The molecular weight excluding hydrogens is 955 g/mol. The molecule has 0 radical (unpaired) electrons. The summed E-state index contributed by atoms with van der Waals surface area (Å²) in [6, 6.07) is 15.9. The summed E-state index contributed by atoms with van der Waals surface area (Å²) in [5.41, 5.74) is 14.3. The van der Waals surface area contributed by atoms with Crippen molar-refractivity contribution in [2.24, 2.45) is 56.2 Å².